The molecule has 0 atom stereocenters. The summed E-state index contributed by atoms with van der Waals surface area (Å²) in [6.45, 7) is 4.22. The van der Waals surface area contributed by atoms with E-state index in [1.165, 1.54) is 5.56 Å². The number of nitrogens with zero attached hydrogens (tertiary/aromatic N) is 9. The average molecular weight is 513 g/mol. The van der Waals surface area contributed by atoms with E-state index in [9.17, 15) is 10.1 Å². The van der Waals surface area contributed by atoms with E-state index in [-0.39, 0.29) is 11.5 Å². The average Bonchev–Trinajstić information content (AvgIpc) is 3.50. The van der Waals surface area contributed by atoms with Gasteiger partial charge in [0.15, 0.2) is 5.82 Å². The molecular weight excluding hydrogens is 484 g/mol. The number of likely N-dealkylation sites (tertiary alicyclic amines) is 1. The van der Waals surface area contributed by atoms with Crippen LogP contribution in [0, 0.1) is 17.2 Å². The van der Waals surface area contributed by atoms with Crippen molar-refractivity contribution in [2.75, 3.05) is 36.4 Å². The number of nitriles is 1. The summed E-state index contributed by atoms with van der Waals surface area (Å²) in [5.74, 6) is 2.20. The van der Waals surface area contributed by atoms with Crippen molar-refractivity contribution in [2.45, 2.75) is 38.1 Å². The van der Waals surface area contributed by atoms with E-state index in [2.05, 4.69) is 69.1 Å². The molecule has 3 N–H and O–H groups in total. The van der Waals surface area contributed by atoms with Crippen LogP contribution in [0.5, 0.6) is 0 Å². The third-order valence-electron chi connectivity index (χ3n) is 7.40. The zero-order chi connectivity index (χ0) is 25.9. The molecule has 13 heteroatoms. The van der Waals surface area contributed by atoms with Crippen LogP contribution in [0.2, 0.25) is 0 Å². The molecule has 4 aromatic rings. The number of H-pyrrole nitrogens is 2. The van der Waals surface area contributed by atoms with Gasteiger partial charge in [0.1, 0.15) is 16.7 Å². The Kier molecular flexibility index (Phi) is 6.62. The predicted octanol–water partition coefficient (Wildman–Crippen LogP) is 2.09. The third kappa shape index (κ3) is 5.03. The van der Waals surface area contributed by atoms with Crippen LogP contribution in [0.25, 0.3) is 10.9 Å². The maximum Gasteiger partial charge on any atom is 0.277 e. The van der Waals surface area contributed by atoms with Crippen LogP contribution < -0.4 is 15.8 Å². The smallest absolute Gasteiger partial charge is 0.277 e. The first kappa shape index (κ1) is 23.9. The fraction of sp³-hybridized carbons (Fsp3) is 0.440. The molecule has 2 aliphatic heterocycles. The standard InChI is InChI=1S/C25H28N12O/c26-13-16-5-11-37(12-6-16)25-29-20-14-27-33-24(38)21(20)23(30-25)28-19-3-1-17(2-4-19)15-36-9-7-18(8-10-36)22-31-34-35-32-22/h1-4,14,16,18H,5-12,15H2,(H,33,38)(H,28,29,30)(H,31,32,34,35). The quantitative estimate of drug-likeness (QED) is 0.346. The Labute approximate surface area is 218 Å². The van der Waals surface area contributed by atoms with E-state index in [1.807, 2.05) is 12.1 Å². The molecule has 5 heterocycles. The number of anilines is 3. The van der Waals surface area contributed by atoms with E-state index in [1.54, 1.807) is 6.20 Å². The predicted molar refractivity (Wildman–Crippen MR) is 140 cm³/mol. The molecule has 38 heavy (non-hydrogen) atoms. The first-order valence-electron chi connectivity index (χ1n) is 12.9. The molecule has 1 aromatic carbocycles. The van der Waals surface area contributed by atoms with Gasteiger partial charge in [0.2, 0.25) is 5.95 Å². The lowest BCUT2D eigenvalue weighted by atomic mass is 9.96. The monoisotopic (exact) mass is 512 g/mol. The van der Waals surface area contributed by atoms with Gasteiger partial charge in [-0.25, -0.2) is 10.1 Å². The van der Waals surface area contributed by atoms with Gasteiger partial charge in [-0.3, -0.25) is 9.69 Å². The highest BCUT2D eigenvalue weighted by molar-refractivity contribution is 5.90. The first-order valence-corrected chi connectivity index (χ1v) is 12.9. The Bertz CT molecular complexity index is 1480. The van der Waals surface area contributed by atoms with Gasteiger partial charge in [-0.15, -0.1) is 10.2 Å². The highest BCUT2D eigenvalue weighted by Gasteiger charge is 2.24. The summed E-state index contributed by atoms with van der Waals surface area (Å²) in [6.07, 6.45) is 5.11. The zero-order valence-electron chi connectivity index (χ0n) is 20.8. The lowest BCUT2D eigenvalue weighted by Crippen LogP contribution is -2.34. The molecule has 0 amide bonds. The number of benzene rings is 1. The second-order valence-electron chi connectivity index (χ2n) is 9.86. The van der Waals surface area contributed by atoms with Crippen LogP contribution in [0.15, 0.2) is 35.3 Å². The second kappa shape index (κ2) is 10.5. The highest BCUT2D eigenvalue weighted by atomic mass is 16.1. The number of hydrogen-bond donors (Lipinski definition) is 3. The van der Waals surface area contributed by atoms with Crippen molar-refractivity contribution in [3.8, 4) is 6.07 Å². The number of rotatable bonds is 6. The SMILES string of the molecule is N#CC1CCN(c2nc(Nc3ccc(CN4CCC(c5nn[nH]n5)CC4)cc3)c3c(=O)[nH]ncc3n2)CC1. The lowest BCUT2D eigenvalue weighted by Gasteiger charge is -2.30. The molecule has 13 nitrogen and oxygen atoms in total. The molecule has 0 unspecified atom stereocenters. The van der Waals surface area contributed by atoms with Crippen molar-refractivity contribution < 1.29 is 0 Å². The lowest BCUT2D eigenvalue weighted by molar-refractivity contribution is 0.201. The van der Waals surface area contributed by atoms with Crippen molar-refractivity contribution in [3.63, 3.8) is 0 Å². The second-order valence-corrected chi connectivity index (χ2v) is 9.86. The fourth-order valence-electron chi connectivity index (χ4n) is 5.21. The molecular formula is C25H28N12O. The minimum atomic E-state index is -0.347. The van der Waals surface area contributed by atoms with Crippen LogP contribution in [-0.2, 0) is 6.54 Å². The summed E-state index contributed by atoms with van der Waals surface area (Å²) in [6, 6.07) is 10.5. The molecule has 0 aliphatic carbocycles. The summed E-state index contributed by atoms with van der Waals surface area (Å²) in [7, 11) is 0. The van der Waals surface area contributed by atoms with Gasteiger partial charge in [0.05, 0.1) is 12.3 Å². The highest BCUT2D eigenvalue weighted by Crippen LogP contribution is 2.28. The minimum Gasteiger partial charge on any atom is -0.341 e. The van der Waals surface area contributed by atoms with Gasteiger partial charge in [0.25, 0.3) is 5.56 Å². The van der Waals surface area contributed by atoms with Gasteiger partial charge >= 0.3 is 0 Å². The maximum absolute atomic E-state index is 12.6. The van der Waals surface area contributed by atoms with E-state index < -0.39 is 0 Å². The van der Waals surface area contributed by atoms with Crippen LogP contribution in [0.3, 0.4) is 0 Å². The van der Waals surface area contributed by atoms with Crippen LogP contribution in [-0.4, -0.2) is 71.9 Å². The summed E-state index contributed by atoms with van der Waals surface area (Å²) in [4.78, 5) is 26.5. The van der Waals surface area contributed by atoms with Crippen molar-refractivity contribution >= 4 is 28.4 Å². The van der Waals surface area contributed by atoms with E-state index in [0.29, 0.717) is 41.7 Å². The first-order chi connectivity index (χ1) is 18.7. The molecule has 0 spiro atoms. The van der Waals surface area contributed by atoms with Crippen molar-refractivity contribution in [1.29, 1.82) is 5.26 Å². The Morgan fingerprint density at radius 3 is 2.55 bits per heavy atom. The number of nitrogens with one attached hydrogen (secondary N) is 3. The Balaban J connectivity index is 1.16. The normalized spacial score (nSPS) is 17.5. The number of aromatic nitrogens is 8. The summed E-state index contributed by atoms with van der Waals surface area (Å²) >= 11 is 0. The Hall–Kier alpha value is -4.44. The van der Waals surface area contributed by atoms with Gasteiger partial charge in [0, 0.05) is 37.2 Å². The van der Waals surface area contributed by atoms with Crippen molar-refractivity contribution in [3.05, 3.63) is 52.2 Å². The number of tetrazole rings is 1. The van der Waals surface area contributed by atoms with Crippen LogP contribution in [0.4, 0.5) is 17.5 Å². The minimum absolute atomic E-state index is 0.0594. The van der Waals surface area contributed by atoms with E-state index >= 15 is 0 Å². The molecule has 194 valence electrons. The van der Waals surface area contributed by atoms with Gasteiger partial charge in [-0.2, -0.15) is 20.6 Å². The number of hydrogen-bond acceptors (Lipinski definition) is 11. The molecule has 3 aromatic heterocycles. The molecule has 0 saturated carbocycles. The molecule has 2 aliphatic rings. The van der Waals surface area contributed by atoms with Gasteiger partial charge in [-0.1, -0.05) is 17.3 Å². The zero-order valence-corrected chi connectivity index (χ0v) is 20.8. The number of piperidine rings is 2. The Morgan fingerprint density at radius 2 is 1.84 bits per heavy atom. The van der Waals surface area contributed by atoms with E-state index in [4.69, 9.17) is 4.98 Å². The number of fused-ring (bicyclic) bond motifs is 1. The summed E-state index contributed by atoms with van der Waals surface area (Å²) in [5, 5.41) is 33.8. The molecule has 0 bridgehead atoms. The number of aromatic amines is 2. The molecule has 0 radical (unpaired) electrons. The van der Waals surface area contributed by atoms with E-state index in [0.717, 1.165) is 56.8 Å². The molecule has 6 rings (SSSR count). The van der Waals surface area contributed by atoms with Gasteiger partial charge in [-0.05, 0) is 56.5 Å². The molecule has 2 fully saturated rings. The van der Waals surface area contributed by atoms with Crippen molar-refractivity contribution in [1.82, 2.24) is 45.7 Å². The third-order valence-corrected chi connectivity index (χ3v) is 7.40. The topological polar surface area (TPSA) is 168 Å². The fourth-order valence-corrected chi connectivity index (χ4v) is 5.21. The molecule has 2 saturated heterocycles. The summed E-state index contributed by atoms with van der Waals surface area (Å²) in [5.41, 5.74) is 2.17. The summed E-state index contributed by atoms with van der Waals surface area (Å²) < 4.78 is 0. The van der Waals surface area contributed by atoms with Crippen LogP contribution in [0.1, 0.15) is 43.0 Å². The van der Waals surface area contributed by atoms with Gasteiger partial charge < -0.3 is 10.2 Å². The Morgan fingerprint density at radius 1 is 1.05 bits per heavy atom. The van der Waals surface area contributed by atoms with Crippen molar-refractivity contribution in [2.24, 2.45) is 5.92 Å². The van der Waals surface area contributed by atoms with Crippen LogP contribution >= 0.6 is 0 Å². The maximum atomic E-state index is 12.6. The largest absolute Gasteiger partial charge is 0.341 e.